The largest absolute Gasteiger partial charge is 0.306 e. The third-order valence-corrected chi connectivity index (χ3v) is 7.46. The van der Waals surface area contributed by atoms with Crippen molar-refractivity contribution in [2.24, 2.45) is 0 Å². The van der Waals surface area contributed by atoms with Crippen molar-refractivity contribution in [1.29, 1.82) is 0 Å². The molecular formula is C20H20FNO2S. The van der Waals surface area contributed by atoms with E-state index in [-0.39, 0.29) is 11.9 Å². The zero-order valence-corrected chi connectivity index (χ0v) is 15.3. The zero-order chi connectivity index (χ0) is 17.9. The van der Waals surface area contributed by atoms with E-state index in [1.807, 2.05) is 26.2 Å². The molecule has 1 aliphatic carbocycles. The maximum atomic E-state index is 13.9. The summed E-state index contributed by atoms with van der Waals surface area (Å²) in [7, 11) is 0.496. The molecule has 0 saturated heterocycles. The highest BCUT2D eigenvalue weighted by molar-refractivity contribution is 7.92. The fourth-order valence-electron chi connectivity index (χ4n) is 3.87. The third kappa shape index (κ3) is 2.29. The summed E-state index contributed by atoms with van der Waals surface area (Å²) in [5.41, 5.74) is 4.00. The van der Waals surface area contributed by atoms with Gasteiger partial charge in [-0.25, -0.2) is 12.8 Å². The Morgan fingerprint density at radius 3 is 2.56 bits per heavy atom. The van der Waals surface area contributed by atoms with E-state index in [1.165, 1.54) is 12.1 Å². The maximum Gasteiger partial charge on any atom is 0.190 e. The molecule has 3 nitrogen and oxygen atoms in total. The minimum atomic E-state index is -3.49. The van der Waals surface area contributed by atoms with Crippen LogP contribution in [0.2, 0.25) is 0 Å². The number of sulfone groups is 1. The number of halogens is 1. The first kappa shape index (κ1) is 16.5. The Morgan fingerprint density at radius 1 is 1.12 bits per heavy atom. The summed E-state index contributed by atoms with van der Waals surface area (Å²) in [6.45, 7) is 2.09. The lowest BCUT2D eigenvalue weighted by Crippen LogP contribution is -2.24. The quantitative estimate of drug-likeness (QED) is 0.836. The molecule has 2 unspecified atom stereocenters. The van der Waals surface area contributed by atoms with Gasteiger partial charge >= 0.3 is 0 Å². The van der Waals surface area contributed by atoms with Crippen LogP contribution < -0.4 is 0 Å². The van der Waals surface area contributed by atoms with E-state index in [1.54, 1.807) is 18.2 Å². The fourth-order valence-corrected chi connectivity index (χ4v) is 5.99. The molecule has 25 heavy (non-hydrogen) atoms. The number of benzene rings is 2. The number of nitrogens with zero attached hydrogens (tertiary/aromatic N) is 1. The highest BCUT2D eigenvalue weighted by atomic mass is 32.2. The van der Waals surface area contributed by atoms with Crippen molar-refractivity contribution in [3.8, 4) is 0 Å². The van der Waals surface area contributed by atoms with Crippen LogP contribution in [0, 0.1) is 5.82 Å². The Hall–Kier alpha value is -1.98. The van der Waals surface area contributed by atoms with Crippen molar-refractivity contribution in [2.75, 3.05) is 14.1 Å². The molecule has 130 valence electrons. The molecule has 5 heteroatoms. The van der Waals surface area contributed by atoms with E-state index in [0.717, 1.165) is 22.3 Å². The minimum absolute atomic E-state index is 0.216. The van der Waals surface area contributed by atoms with Crippen molar-refractivity contribution in [3.63, 3.8) is 0 Å². The second-order valence-corrected chi connectivity index (χ2v) is 9.06. The van der Waals surface area contributed by atoms with Crippen LogP contribution in [-0.2, 0) is 9.84 Å². The van der Waals surface area contributed by atoms with Gasteiger partial charge < -0.3 is 4.90 Å². The first-order valence-electron chi connectivity index (χ1n) is 8.35. The molecule has 0 amide bonds. The van der Waals surface area contributed by atoms with Gasteiger partial charge in [-0.1, -0.05) is 24.3 Å². The van der Waals surface area contributed by atoms with Crippen LogP contribution in [0.1, 0.15) is 35.3 Å². The van der Waals surface area contributed by atoms with Crippen molar-refractivity contribution >= 4 is 21.0 Å². The summed E-state index contributed by atoms with van der Waals surface area (Å²) in [4.78, 5) is 2.48. The zero-order valence-electron chi connectivity index (χ0n) is 14.5. The Balaban J connectivity index is 2.02. The van der Waals surface area contributed by atoms with Gasteiger partial charge in [-0.3, -0.25) is 0 Å². The van der Waals surface area contributed by atoms with E-state index in [2.05, 4.69) is 11.8 Å². The molecule has 1 heterocycles. The van der Waals surface area contributed by atoms with Crippen LogP contribution in [0.25, 0.3) is 11.1 Å². The van der Waals surface area contributed by atoms with Crippen LogP contribution in [0.15, 0.2) is 47.4 Å². The molecule has 2 aromatic carbocycles. The Morgan fingerprint density at radius 2 is 1.84 bits per heavy atom. The van der Waals surface area contributed by atoms with Crippen LogP contribution in [0.3, 0.4) is 0 Å². The van der Waals surface area contributed by atoms with Crippen LogP contribution in [0.5, 0.6) is 0 Å². The molecule has 2 atom stereocenters. The van der Waals surface area contributed by atoms with Gasteiger partial charge in [-0.05, 0) is 73.5 Å². The van der Waals surface area contributed by atoms with Gasteiger partial charge in [0.25, 0.3) is 0 Å². The van der Waals surface area contributed by atoms with Gasteiger partial charge in [0.15, 0.2) is 9.84 Å². The summed E-state index contributed by atoms with van der Waals surface area (Å²) in [6, 6.07) is 11.8. The van der Waals surface area contributed by atoms with E-state index >= 15 is 0 Å². The lowest BCUT2D eigenvalue weighted by molar-refractivity contribution is 0.319. The second-order valence-electron chi connectivity index (χ2n) is 7.06. The van der Waals surface area contributed by atoms with Crippen molar-refractivity contribution in [2.45, 2.75) is 29.5 Å². The maximum absolute atomic E-state index is 13.9. The average molecular weight is 357 g/mol. The van der Waals surface area contributed by atoms with Crippen molar-refractivity contribution in [1.82, 2.24) is 4.90 Å². The van der Waals surface area contributed by atoms with Gasteiger partial charge in [0.1, 0.15) is 11.1 Å². The predicted molar refractivity (Wildman–Crippen MR) is 97.3 cm³/mol. The summed E-state index contributed by atoms with van der Waals surface area (Å²) in [6.07, 6.45) is 0.680. The molecular weight excluding hydrogens is 337 g/mol. The van der Waals surface area contributed by atoms with Gasteiger partial charge in [-0.15, -0.1) is 0 Å². The average Bonchev–Trinajstić information content (AvgIpc) is 3.00. The van der Waals surface area contributed by atoms with Crippen LogP contribution in [0.4, 0.5) is 4.39 Å². The normalized spacial score (nSPS) is 21.2. The minimum Gasteiger partial charge on any atom is -0.306 e. The first-order chi connectivity index (χ1) is 11.8. The van der Waals surface area contributed by atoms with Gasteiger partial charge in [0, 0.05) is 6.04 Å². The molecule has 0 aromatic heterocycles. The summed E-state index contributed by atoms with van der Waals surface area (Å²) < 4.78 is 40.2. The standard InChI is InChI=1S/C20H20FNO2S/c1-12(22(2)3)10-17-16-11-13(21)8-9-14(16)20-19(17)15-6-4-5-7-18(15)25(20,23)24/h4-9,11-12,20H,10H2,1-3H3. The highest BCUT2D eigenvalue weighted by Crippen LogP contribution is 2.58. The molecule has 2 aliphatic rings. The molecule has 0 N–H and O–H groups in total. The van der Waals surface area contributed by atoms with Gasteiger partial charge in [0.05, 0.1) is 4.90 Å². The predicted octanol–water partition coefficient (Wildman–Crippen LogP) is 3.92. The van der Waals surface area contributed by atoms with E-state index in [4.69, 9.17) is 0 Å². The Bertz CT molecular complexity index is 1010. The van der Waals surface area contributed by atoms with Crippen LogP contribution >= 0.6 is 0 Å². The molecule has 4 rings (SSSR count). The number of rotatable bonds is 3. The second kappa shape index (κ2) is 5.51. The SMILES string of the molecule is CC(CC1=C2c3ccccc3S(=O)(=O)C2c2ccc(F)cc21)N(C)C. The van der Waals surface area contributed by atoms with E-state index in [9.17, 15) is 12.8 Å². The first-order valence-corrected chi connectivity index (χ1v) is 9.89. The summed E-state index contributed by atoms with van der Waals surface area (Å²) in [5.74, 6) is -0.333. The van der Waals surface area contributed by atoms with Crippen molar-refractivity contribution in [3.05, 3.63) is 65.0 Å². The molecule has 2 aromatic rings. The van der Waals surface area contributed by atoms with Gasteiger partial charge in [0.2, 0.25) is 0 Å². The summed E-state index contributed by atoms with van der Waals surface area (Å²) >= 11 is 0. The van der Waals surface area contributed by atoms with Gasteiger partial charge in [-0.2, -0.15) is 0 Å². The monoisotopic (exact) mass is 357 g/mol. The molecule has 1 aliphatic heterocycles. The van der Waals surface area contributed by atoms with Crippen molar-refractivity contribution < 1.29 is 12.8 Å². The molecule has 0 radical (unpaired) electrons. The number of hydrogen-bond donors (Lipinski definition) is 0. The van der Waals surface area contributed by atoms with E-state index in [0.29, 0.717) is 16.9 Å². The third-order valence-electron chi connectivity index (χ3n) is 5.39. The fraction of sp³-hybridized carbons (Fsp3) is 0.300. The molecule has 0 fully saturated rings. The Kier molecular flexibility index (Phi) is 3.63. The summed E-state index contributed by atoms with van der Waals surface area (Å²) in [5, 5.41) is -0.704. The smallest absolute Gasteiger partial charge is 0.190 e. The number of hydrogen-bond acceptors (Lipinski definition) is 3. The van der Waals surface area contributed by atoms with E-state index < -0.39 is 15.1 Å². The number of fused-ring (bicyclic) bond motifs is 5. The molecule has 0 saturated carbocycles. The lowest BCUT2D eigenvalue weighted by atomic mass is 9.95. The topological polar surface area (TPSA) is 37.4 Å². The highest BCUT2D eigenvalue weighted by Gasteiger charge is 2.48. The molecule has 0 bridgehead atoms. The Labute approximate surface area is 147 Å². The van der Waals surface area contributed by atoms with Crippen LogP contribution in [-0.4, -0.2) is 33.5 Å². The molecule has 0 spiro atoms. The lowest BCUT2D eigenvalue weighted by Gasteiger charge is -2.21.